The van der Waals surface area contributed by atoms with E-state index in [4.69, 9.17) is 21.7 Å². The molecule has 0 radical (unpaired) electrons. The lowest BCUT2D eigenvalue weighted by Crippen LogP contribution is -2.19. The van der Waals surface area contributed by atoms with Gasteiger partial charge in [-0.2, -0.15) is 9.97 Å². The molecule has 0 saturated heterocycles. The summed E-state index contributed by atoms with van der Waals surface area (Å²) in [6.45, 7) is 4.27. The summed E-state index contributed by atoms with van der Waals surface area (Å²) in [6.07, 6.45) is 0. The molecule has 0 aliphatic heterocycles. The van der Waals surface area contributed by atoms with E-state index in [0.29, 0.717) is 16.7 Å². The number of rotatable bonds is 8. The molecule has 1 aromatic heterocycles. The summed E-state index contributed by atoms with van der Waals surface area (Å²) < 4.78 is 37.9. The Bertz CT molecular complexity index is 1190. The van der Waals surface area contributed by atoms with E-state index in [-0.39, 0.29) is 22.6 Å². The lowest BCUT2D eigenvalue weighted by Gasteiger charge is -2.13. The van der Waals surface area contributed by atoms with Gasteiger partial charge in [-0.25, -0.2) is 8.42 Å². The predicted octanol–water partition coefficient (Wildman–Crippen LogP) is 4.23. The van der Waals surface area contributed by atoms with E-state index >= 15 is 0 Å². The van der Waals surface area contributed by atoms with Gasteiger partial charge in [0.1, 0.15) is 0 Å². The summed E-state index contributed by atoms with van der Waals surface area (Å²) in [5, 5.41) is 6.54. The molecule has 3 aromatic rings. The van der Waals surface area contributed by atoms with Crippen molar-refractivity contribution in [1.29, 1.82) is 0 Å². The molecule has 174 valence electrons. The van der Waals surface area contributed by atoms with Gasteiger partial charge >= 0.3 is 6.01 Å². The first-order chi connectivity index (χ1) is 15.7. The maximum Gasteiger partial charge on any atom is 0.321 e. The fraction of sp³-hybridized carbons (Fsp3) is 0.227. The molecule has 2 aromatic carbocycles. The minimum absolute atomic E-state index is 0.0218. The minimum atomic E-state index is -3.90. The first-order valence-corrected chi connectivity index (χ1v) is 11.9. The van der Waals surface area contributed by atoms with Crippen LogP contribution in [0.1, 0.15) is 25.3 Å². The van der Waals surface area contributed by atoms with E-state index in [0.717, 1.165) is 5.69 Å². The van der Waals surface area contributed by atoms with Crippen molar-refractivity contribution < 1.29 is 17.9 Å². The Balaban J connectivity index is 1.65. The largest absolute Gasteiger partial charge is 0.481 e. The quantitative estimate of drug-likeness (QED) is 0.402. The van der Waals surface area contributed by atoms with Gasteiger partial charge in [-0.3, -0.25) is 4.72 Å². The van der Waals surface area contributed by atoms with E-state index < -0.39 is 10.0 Å². The fourth-order valence-electron chi connectivity index (χ4n) is 2.81. The van der Waals surface area contributed by atoms with Crippen LogP contribution in [0.4, 0.5) is 17.2 Å². The number of ether oxygens (including phenoxy) is 2. The van der Waals surface area contributed by atoms with Crippen molar-refractivity contribution in [1.82, 2.24) is 9.97 Å². The van der Waals surface area contributed by atoms with Gasteiger partial charge in [0.15, 0.2) is 10.9 Å². The molecular formula is C22H25N5O4S2. The third-order valence-corrected chi connectivity index (χ3v) is 6.15. The summed E-state index contributed by atoms with van der Waals surface area (Å²) in [7, 11) is -1.11. The van der Waals surface area contributed by atoms with Crippen LogP contribution in [0.5, 0.6) is 11.9 Å². The lowest BCUT2D eigenvalue weighted by molar-refractivity contribution is 0.353. The van der Waals surface area contributed by atoms with Gasteiger partial charge < -0.3 is 20.1 Å². The molecule has 0 saturated carbocycles. The fourth-order valence-corrected chi connectivity index (χ4v) is 4.04. The standard InChI is InChI=1S/C22H25N5O4S2/c1-14(2)15-5-7-16(8-6-15)23-22(32)24-17-9-11-18(12-10-17)33(28,29)27-19-13-20(30-3)26-21(25-19)31-4/h5-14H,1-4H3,(H2,23,24,32)(H,25,26,27). The average molecular weight is 488 g/mol. The molecule has 0 unspecified atom stereocenters. The molecule has 3 rings (SSSR count). The third kappa shape index (κ3) is 6.53. The molecule has 1 heterocycles. The SMILES string of the molecule is COc1cc(NS(=O)(=O)c2ccc(NC(=S)Nc3ccc(C(C)C)cc3)cc2)nc(OC)n1. The summed E-state index contributed by atoms with van der Waals surface area (Å²) in [4.78, 5) is 7.97. The monoisotopic (exact) mass is 487 g/mol. The molecule has 11 heteroatoms. The molecule has 0 amide bonds. The van der Waals surface area contributed by atoms with Crippen LogP contribution >= 0.6 is 12.2 Å². The lowest BCUT2D eigenvalue weighted by atomic mass is 10.0. The van der Waals surface area contributed by atoms with Crippen molar-refractivity contribution in [2.24, 2.45) is 0 Å². The van der Waals surface area contributed by atoms with Gasteiger partial charge in [0.2, 0.25) is 5.88 Å². The molecule has 0 aliphatic rings. The van der Waals surface area contributed by atoms with E-state index in [9.17, 15) is 8.42 Å². The first kappa shape index (κ1) is 24.2. The number of anilines is 3. The van der Waals surface area contributed by atoms with Crippen molar-refractivity contribution in [3.63, 3.8) is 0 Å². The highest BCUT2D eigenvalue weighted by Crippen LogP contribution is 2.22. The highest BCUT2D eigenvalue weighted by Gasteiger charge is 2.17. The Hall–Kier alpha value is -3.44. The first-order valence-electron chi connectivity index (χ1n) is 9.98. The number of sulfonamides is 1. The smallest absolute Gasteiger partial charge is 0.321 e. The van der Waals surface area contributed by atoms with Gasteiger partial charge in [-0.05, 0) is 60.1 Å². The average Bonchev–Trinajstić information content (AvgIpc) is 2.79. The number of aromatic nitrogens is 2. The number of hydrogen-bond donors (Lipinski definition) is 3. The zero-order valence-corrected chi connectivity index (χ0v) is 20.3. The second-order valence-electron chi connectivity index (χ2n) is 7.27. The van der Waals surface area contributed by atoms with Crippen LogP contribution in [0.2, 0.25) is 0 Å². The van der Waals surface area contributed by atoms with Crippen LogP contribution in [0.15, 0.2) is 59.5 Å². The van der Waals surface area contributed by atoms with Gasteiger partial charge in [0.25, 0.3) is 10.0 Å². The van der Waals surface area contributed by atoms with Crippen LogP contribution in [-0.2, 0) is 10.0 Å². The van der Waals surface area contributed by atoms with Crippen molar-refractivity contribution in [2.45, 2.75) is 24.7 Å². The highest BCUT2D eigenvalue weighted by molar-refractivity contribution is 7.92. The third-order valence-electron chi connectivity index (χ3n) is 4.57. The topological polar surface area (TPSA) is 114 Å². The molecule has 0 bridgehead atoms. The number of hydrogen-bond acceptors (Lipinski definition) is 7. The van der Waals surface area contributed by atoms with Gasteiger partial charge in [-0.1, -0.05) is 26.0 Å². The van der Waals surface area contributed by atoms with Crippen LogP contribution in [0.3, 0.4) is 0 Å². The van der Waals surface area contributed by atoms with Crippen LogP contribution in [0.25, 0.3) is 0 Å². The Morgan fingerprint density at radius 2 is 1.48 bits per heavy atom. The maximum absolute atomic E-state index is 12.7. The van der Waals surface area contributed by atoms with Crippen molar-refractivity contribution in [3.8, 4) is 11.9 Å². The summed E-state index contributed by atoms with van der Waals surface area (Å²) in [6, 6.07) is 15.5. The predicted molar refractivity (Wildman–Crippen MR) is 133 cm³/mol. The molecule has 0 aliphatic carbocycles. The normalized spacial score (nSPS) is 11.1. The number of nitrogens with one attached hydrogen (secondary N) is 3. The molecule has 9 nitrogen and oxygen atoms in total. The number of benzene rings is 2. The molecule has 0 spiro atoms. The van der Waals surface area contributed by atoms with Crippen LogP contribution in [-0.4, -0.2) is 37.7 Å². The highest BCUT2D eigenvalue weighted by atomic mass is 32.2. The zero-order chi connectivity index (χ0) is 24.0. The number of thiocarbonyl (C=S) groups is 1. The van der Waals surface area contributed by atoms with Crippen LogP contribution in [0, 0.1) is 0 Å². The molecular weight excluding hydrogens is 462 g/mol. The Morgan fingerprint density at radius 1 is 0.909 bits per heavy atom. The maximum atomic E-state index is 12.7. The zero-order valence-electron chi connectivity index (χ0n) is 18.6. The van der Waals surface area contributed by atoms with Gasteiger partial charge in [0.05, 0.1) is 19.1 Å². The Labute approximate surface area is 198 Å². The van der Waals surface area contributed by atoms with E-state index in [2.05, 4.69) is 39.2 Å². The molecule has 0 fully saturated rings. The summed E-state index contributed by atoms with van der Waals surface area (Å²) in [5.41, 5.74) is 2.73. The van der Waals surface area contributed by atoms with E-state index in [1.54, 1.807) is 12.1 Å². The van der Waals surface area contributed by atoms with Crippen molar-refractivity contribution in [3.05, 3.63) is 60.2 Å². The van der Waals surface area contributed by atoms with Gasteiger partial charge in [0, 0.05) is 17.4 Å². The Morgan fingerprint density at radius 3 is 2.00 bits per heavy atom. The van der Waals surface area contributed by atoms with Crippen molar-refractivity contribution in [2.75, 3.05) is 29.6 Å². The number of nitrogens with zero attached hydrogens (tertiary/aromatic N) is 2. The van der Waals surface area contributed by atoms with Crippen LogP contribution < -0.4 is 24.8 Å². The second-order valence-corrected chi connectivity index (χ2v) is 9.36. The van der Waals surface area contributed by atoms with E-state index in [1.165, 1.54) is 38.0 Å². The summed E-state index contributed by atoms with van der Waals surface area (Å²) >= 11 is 5.35. The molecule has 3 N–H and O–H groups in total. The van der Waals surface area contributed by atoms with Gasteiger partial charge in [-0.15, -0.1) is 0 Å². The molecule has 0 atom stereocenters. The minimum Gasteiger partial charge on any atom is -0.481 e. The Kier molecular flexibility index (Phi) is 7.67. The number of methoxy groups -OCH3 is 2. The molecule has 33 heavy (non-hydrogen) atoms. The summed E-state index contributed by atoms with van der Waals surface area (Å²) in [5.74, 6) is 0.639. The van der Waals surface area contributed by atoms with E-state index in [1.807, 2.05) is 24.3 Å². The van der Waals surface area contributed by atoms with Crippen molar-refractivity contribution >= 4 is 44.5 Å². The second kappa shape index (κ2) is 10.5.